The van der Waals surface area contributed by atoms with Gasteiger partial charge in [-0.05, 0) is 29.7 Å². The van der Waals surface area contributed by atoms with Crippen molar-refractivity contribution in [2.75, 3.05) is 13.2 Å². The molecule has 7 heteroatoms. The van der Waals surface area contributed by atoms with Crippen LogP contribution in [0.5, 0.6) is 5.75 Å². The zero-order valence-electron chi connectivity index (χ0n) is 11.1. The second kappa shape index (κ2) is 5.80. The van der Waals surface area contributed by atoms with Gasteiger partial charge in [-0.2, -0.15) is 0 Å². The fourth-order valence-electron chi connectivity index (χ4n) is 2.04. The maximum Gasteiger partial charge on any atom is 0.303 e. The van der Waals surface area contributed by atoms with Crippen LogP contribution in [0.3, 0.4) is 0 Å². The highest BCUT2D eigenvalue weighted by molar-refractivity contribution is 7.89. The lowest BCUT2D eigenvalue weighted by Gasteiger charge is -2.11. The molecule has 1 aromatic rings. The first-order valence-electron chi connectivity index (χ1n) is 6.35. The number of hydrogen-bond acceptors (Lipinski definition) is 4. The first kappa shape index (κ1) is 14.8. The third-order valence-corrected chi connectivity index (χ3v) is 4.54. The number of benzene rings is 1. The van der Waals surface area contributed by atoms with Gasteiger partial charge >= 0.3 is 5.97 Å². The molecular formula is C13H17NO5S. The van der Waals surface area contributed by atoms with Gasteiger partial charge in [0.05, 0.1) is 11.5 Å². The van der Waals surface area contributed by atoms with E-state index in [1.54, 1.807) is 19.1 Å². The summed E-state index contributed by atoms with van der Waals surface area (Å²) in [5.74, 6) is -0.477. The Morgan fingerprint density at radius 2 is 2.25 bits per heavy atom. The Morgan fingerprint density at radius 3 is 2.95 bits per heavy atom. The molecule has 0 saturated carbocycles. The van der Waals surface area contributed by atoms with E-state index < -0.39 is 16.0 Å². The van der Waals surface area contributed by atoms with E-state index in [-0.39, 0.29) is 23.8 Å². The predicted molar refractivity (Wildman–Crippen MR) is 72.2 cm³/mol. The summed E-state index contributed by atoms with van der Waals surface area (Å²) in [6.45, 7) is 2.36. The third kappa shape index (κ3) is 3.49. The Bertz CT molecular complexity index is 611. The number of sulfonamides is 1. The Morgan fingerprint density at radius 1 is 1.50 bits per heavy atom. The highest BCUT2D eigenvalue weighted by atomic mass is 32.2. The topological polar surface area (TPSA) is 92.7 Å². The molecule has 0 bridgehead atoms. The van der Waals surface area contributed by atoms with E-state index in [2.05, 4.69) is 4.72 Å². The molecule has 1 aromatic carbocycles. The number of nitrogens with one attached hydrogen (secondary N) is 1. The van der Waals surface area contributed by atoms with Gasteiger partial charge in [0.15, 0.2) is 0 Å². The summed E-state index contributed by atoms with van der Waals surface area (Å²) in [7, 11) is -3.61. The lowest BCUT2D eigenvalue weighted by molar-refractivity contribution is -0.137. The number of fused-ring (bicyclic) bond motifs is 1. The van der Waals surface area contributed by atoms with Crippen LogP contribution in [0.1, 0.15) is 18.9 Å². The molecule has 0 spiro atoms. The van der Waals surface area contributed by atoms with Gasteiger partial charge in [-0.3, -0.25) is 4.79 Å². The van der Waals surface area contributed by atoms with E-state index in [0.29, 0.717) is 13.0 Å². The van der Waals surface area contributed by atoms with Crippen molar-refractivity contribution in [1.29, 1.82) is 0 Å². The summed E-state index contributed by atoms with van der Waals surface area (Å²) in [6.07, 6.45) is 0.634. The standard InChI is InChI=1S/C13H17NO5S/c1-9(6-13(15)16)8-14-20(17,18)11-2-3-12-10(7-11)4-5-19-12/h2-3,7,9,14H,4-6,8H2,1H3,(H,15,16). The molecule has 0 fully saturated rings. The second-order valence-corrected chi connectivity index (χ2v) is 6.69. The van der Waals surface area contributed by atoms with Crippen LogP contribution in [0.4, 0.5) is 0 Å². The minimum atomic E-state index is -3.61. The molecule has 1 unspecified atom stereocenters. The van der Waals surface area contributed by atoms with E-state index in [4.69, 9.17) is 9.84 Å². The maximum atomic E-state index is 12.1. The third-order valence-electron chi connectivity index (χ3n) is 3.12. The molecule has 1 aliphatic rings. The first-order chi connectivity index (χ1) is 9.38. The summed E-state index contributed by atoms with van der Waals surface area (Å²) >= 11 is 0. The smallest absolute Gasteiger partial charge is 0.303 e. The predicted octanol–water partition coefficient (Wildman–Crippen LogP) is 1.01. The van der Waals surface area contributed by atoms with E-state index >= 15 is 0 Å². The van der Waals surface area contributed by atoms with Gasteiger partial charge in [0.25, 0.3) is 0 Å². The number of carboxylic acids is 1. The zero-order valence-corrected chi connectivity index (χ0v) is 11.9. The number of ether oxygens (including phenoxy) is 1. The van der Waals surface area contributed by atoms with Gasteiger partial charge in [-0.15, -0.1) is 0 Å². The van der Waals surface area contributed by atoms with Gasteiger partial charge in [0.1, 0.15) is 5.75 Å². The Hall–Kier alpha value is -1.60. The quantitative estimate of drug-likeness (QED) is 0.818. The normalized spacial score (nSPS) is 15.4. The van der Waals surface area contributed by atoms with Crippen LogP contribution in [0.15, 0.2) is 23.1 Å². The molecule has 0 amide bonds. The maximum absolute atomic E-state index is 12.1. The van der Waals surface area contributed by atoms with Crippen LogP contribution in [-0.4, -0.2) is 32.6 Å². The lowest BCUT2D eigenvalue weighted by atomic mass is 10.1. The number of carbonyl (C=O) groups is 1. The number of carboxylic acid groups (broad SMARTS) is 1. The fraction of sp³-hybridized carbons (Fsp3) is 0.462. The molecule has 20 heavy (non-hydrogen) atoms. The van der Waals surface area contributed by atoms with E-state index in [9.17, 15) is 13.2 Å². The van der Waals surface area contributed by atoms with E-state index in [1.807, 2.05) is 0 Å². The molecule has 0 radical (unpaired) electrons. The molecular weight excluding hydrogens is 282 g/mol. The monoisotopic (exact) mass is 299 g/mol. The number of rotatable bonds is 6. The fourth-order valence-corrected chi connectivity index (χ4v) is 3.25. The van der Waals surface area contributed by atoms with Crippen molar-refractivity contribution in [2.24, 2.45) is 5.92 Å². The Labute approximate surface area is 117 Å². The number of hydrogen-bond donors (Lipinski definition) is 2. The van der Waals surface area contributed by atoms with E-state index in [1.165, 1.54) is 6.07 Å². The molecule has 0 saturated heterocycles. The number of aliphatic carboxylic acids is 1. The first-order valence-corrected chi connectivity index (χ1v) is 7.84. The molecule has 1 heterocycles. The summed E-state index contributed by atoms with van der Waals surface area (Å²) < 4.78 is 32.0. The van der Waals surface area contributed by atoms with Gasteiger partial charge in [0.2, 0.25) is 10.0 Å². The SMILES string of the molecule is CC(CNS(=O)(=O)c1ccc2c(c1)CCO2)CC(=O)O. The van der Waals surface area contributed by atoms with Gasteiger partial charge in [-0.25, -0.2) is 13.1 Å². The Kier molecular flexibility index (Phi) is 4.29. The van der Waals surface area contributed by atoms with Crippen molar-refractivity contribution < 1.29 is 23.1 Å². The van der Waals surface area contributed by atoms with E-state index in [0.717, 1.165) is 11.3 Å². The molecule has 6 nitrogen and oxygen atoms in total. The van der Waals surface area contributed by atoms with Crippen LogP contribution in [0.25, 0.3) is 0 Å². The van der Waals surface area contributed by atoms with Crippen LogP contribution < -0.4 is 9.46 Å². The van der Waals surface area contributed by atoms with Crippen molar-refractivity contribution in [3.05, 3.63) is 23.8 Å². The molecule has 110 valence electrons. The highest BCUT2D eigenvalue weighted by Gasteiger charge is 2.20. The summed E-state index contributed by atoms with van der Waals surface area (Å²) in [6, 6.07) is 4.75. The highest BCUT2D eigenvalue weighted by Crippen LogP contribution is 2.27. The minimum Gasteiger partial charge on any atom is -0.493 e. The summed E-state index contributed by atoms with van der Waals surface area (Å²) in [5, 5.41) is 8.65. The van der Waals surface area contributed by atoms with Crippen molar-refractivity contribution in [3.8, 4) is 5.75 Å². The molecule has 1 aliphatic heterocycles. The second-order valence-electron chi connectivity index (χ2n) is 4.92. The van der Waals surface area contributed by atoms with Crippen molar-refractivity contribution in [2.45, 2.75) is 24.7 Å². The van der Waals surface area contributed by atoms with Crippen molar-refractivity contribution in [3.63, 3.8) is 0 Å². The summed E-state index contributed by atoms with van der Waals surface area (Å²) in [5.41, 5.74) is 0.881. The largest absolute Gasteiger partial charge is 0.493 e. The lowest BCUT2D eigenvalue weighted by Crippen LogP contribution is -2.29. The van der Waals surface area contributed by atoms with Gasteiger partial charge in [-0.1, -0.05) is 6.92 Å². The minimum absolute atomic E-state index is 0.0689. The van der Waals surface area contributed by atoms with Crippen LogP contribution in [0, 0.1) is 5.92 Å². The van der Waals surface area contributed by atoms with Crippen LogP contribution in [-0.2, 0) is 21.2 Å². The molecule has 2 rings (SSSR count). The molecule has 0 aliphatic carbocycles. The van der Waals surface area contributed by atoms with Crippen LogP contribution in [0.2, 0.25) is 0 Å². The van der Waals surface area contributed by atoms with Crippen molar-refractivity contribution >= 4 is 16.0 Å². The van der Waals surface area contributed by atoms with Crippen molar-refractivity contribution in [1.82, 2.24) is 4.72 Å². The average molecular weight is 299 g/mol. The molecule has 2 N–H and O–H groups in total. The van der Waals surface area contributed by atoms with Crippen LogP contribution >= 0.6 is 0 Å². The van der Waals surface area contributed by atoms with Gasteiger partial charge in [0, 0.05) is 19.4 Å². The summed E-state index contributed by atoms with van der Waals surface area (Å²) in [4.78, 5) is 10.7. The average Bonchev–Trinajstić information content (AvgIpc) is 2.83. The zero-order chi connectivity index (χ0) is 14.8. The van der Waals surface area contributed by atoms with Gasteiger partial charge < -0.3 is 9.84 Å². The Balaban J connectivity index is 2.05. The molecule has 1 atom stereocenters. The molecule has 0 aromatic heterocycles.